The molecule has 4 bridgehead atoms. The Labute approximate surface area is 195 Å². The van der Waals surface area contributed by atoms with Crippen molar-refractivity contribution in [3.63, 3.8) is 0 Å². The molecule has 3 saturated carbocycles. The van der Waals surface area contributed by atoms with Gasteiger partial charge in [-0.25, -0.2) is 0 Å². The van der Waals surface area contributed by atoms with Crippen LogP contribution in [0.1, 0.15) is 84.1 Å². The summed E-state index contributed by atoms with van der Waals surface area (Å²) in [6.45, 7) is 10.4. The molecule has 3 aliphatic carbocycles. The van der Waals surface area contributed by atoms with Gasteiger partial charge in [-0.2, -0.15) is 5.06 Å². The van der Waals surface area contributed by atoms with Crippen molar-refractivity contribution >= 4 is 0 Å². The fraction of sp³-hybridized carbons (Fsp3) is 0.793. The van der Waals surface area contributed by atoms with Crippen molar-refractivity contribution in [1.29, 1.82) is 0 Å². The minimum absolute atomic E-state index is 0.0156. The van der Waals surface area contributed by atoms with Gasteiger partial charge >= 0.3 is 0 Å². The molecular weight excluding hydrogens is 394 g/mol. The zero-order valence-electron chi connectivity index (χ0n) is 20.5. The molecule has 5 fully saturated rings. The predicted molar refractivity (Wildman–Crippen MR) is 128 cm³/mol. The molecule has 0 radical (unpaired) electrons. The summed E-state index contributed by atoms with van der Waals surface area (Å²) < 4.78 is 6.21. The Balaban J connectivity index is 1.30. The minimum atomic E-state index is 0.0156. The van der Waals surface area contributed by atoms with E-state index in [-0.39, 0.29) is 5.72 Å². The fourth-order valence-corrected chi connectivity index (χ4v) is 9.66. The van der Waals surface area contributed by atoms with Gasteiger partial charge in [0.15, 0.2) is 5.72 Å². The lowest BCUT2D eigenvalue weighted by atomic mass is 9.40. The summed E-state index contributed by atoms with van der Waals surface area (Å²) in [6, 6.07) is 10.6. The van der Waals surface area contributed by atoms with Crippen molar-refractivity contribution in [2.75, 3.05) is 13.2 Å². The van der Waals surface area contributed by atoms with Gasteiger partial charge in [-0.15, -0.1) is 0 Å². The number of fused-ring (bicyclic) bond motifs is 1. The highest BCUT2D eigenvalue weighted by Crippen LogP contribution is 2.80. The Kier molecular flexibility index (Phi) is 5.28. The molecule has 0 N–H and O–H groups in total. The van der Waals surface area contributed by atoms with Crippen molar-refractivity contribution in [2.45, 2.75) is 90.9 Å². The highest BCUT2D eigenvalue weighted by atomic mass is 16.9. The van der Waals surface area contributed by atoms with E-state index in [1.807, 2.05) is 0 Å². The van der Waals surface area contributed by atoms with Crippen LogP contribution in [0.2, 0.25) is 0 Å². The van der Waals surface area contributed by atoms with Crippen LogP contribution in [-0.2, 0) is 16.2 Å². The van der Waals surface area contributed by atoms with Crippen LogP contribution in [0, 0.1) is 40.4 Å². The van der Waals surface area contributed by atoms with Crippen LogP contribution in [0.15, 0.2) is 30.3 Å². The summed E-state index contributed by atoms with van der Waals surface area (Å²) in [5.41, 5.74) is 2.04. The highest BCUT2D eigenvalue weighted by Gasteiger charge is 2.84. The monoisotopic (exact) mass is 437 g/mol. The maximum Gasteiger partial charge on any atom is 0.174 e. The van der Waals surface area contributed by atoms with E-state index >= 15 is 0 Å². The Hall–Kier alpha value is -0.900. The van der Waals surface area contributed by atoms with Crippen LogP contribution in [0.3, 0.4) is 0 Å². The third-order valence-electron chi connectivity index (χ3n) is 11.0. The summed E-state index contributed by atoms with van der Waals surface area (Å²) in [5, 5.41) is 2.52. The molecule has 1 spiro atoms. The summed E-state index contributed by atoms with van der Waals surface area (Å²) in [7, 11) is 0. The molecule has 2 saturated heterocycles. The first kappa shape index (κ1) is 21.6. The molecular formula is C29H43NO2. The van der Waals surface area contributed by atoms with Gasteiger partial charge < -0.3 is 4.74 Å². The molecule has 1 aromatic rings. The molecule has 1 unspecified atom stereocenters. The zero-order chi connectivity index (χ0) is 22.0. The summed E-state index contributed by atoms with van der Waals surface area (Å²) in [4.78, 5) is 6.88. The third-order valence-corrected chi connectivity index (χ3v) is 11.0. The van der Waals surface area contributed by atoms with Crippen LogP contribution < -0.4 is 0 Å². The van der Waals surface area contributed by atoms with Crippen LogP contribution >= 0.6 is 0 Å². The first-order chi connectivity index (χ1) is 15.5. The van der Waals surface area contributed by atoms with E-state index in [2.05, 4.69) is 56.2 Å². The molecule has 2 aliphatic heterocycles. The number of ether oxygens (including phenoxy) is 1. The van der Waals surface area contributed by atoms with E-state index in [1.54, 1.807) is 0 Å². The molecule has 3 nitrogen and oxygen atoms in total. The van der Waals surface area contributed by atoms with Gasteiger partial charge in [0.25, 0.3) is 0 Å². The quantitative estimate of drug-likeness (QED) is 0.345. The van der Waals surface area contributed by atoms with Crippen LogP contribution in [0.5, 0.6) is 0 Å². The highest BCUT2D eigenvalue weighted by molar-refractivity contribution is 5.26. The van der Waals surface area contributed by atoms with Gasteiger partial charge in [0.1, 0.15) is 0 Å². The van der Waals surface area contributed by atoms with Gasteiger partial charge in [0.05, 0.1) is 6.61 Å². The number of piperidine rings is 1. The molecule has 5 aliphatic rings. The summed E-state index contributed by atoms with van der Waals surface area (Å²) in [6.07, 6.45) is 12.4. The van der Waals surface area contributed by atoms with Crippen LogP contribution in [0.25, 0.3) is 0 Å². The first-order valence-corrected chi connectivity index (χ1v) is 13.6. The Bertz CT molecular complexity index is 826. The zero-order valence-corrected chi connectivity index (χ0v) is 20.5. The second kappa shape index (κ2) is 7.82. The number of rotatable bonds is 7. The van der Waals surface area contributed by atoms with Gasteiger partial charge in [-0.05, 0) is 79.6 Å². The van der Waals surface area contributed by atoms with Gasteiger partial charge in [-0.3, -0.25) is 4.84 Å². The second-order valence-electron chi connectivity index (χ2n) is 12.3. The molecule has 6 rings (SSSR count). The smallest absolute Gasteiger partial charge is 0.174 e. The molecule has 0 amide bonds. The fourth-order valence-electron chi connectivity index (χ4n) is 9.66. The van der Waals surface area contributed by atoms with Crippen molar-refractivity contribution < 1.29 is 9.57 Å². The van der Waals surface area contributed by atoms with E-state index in [0.29, 0.717) is 22.7 Å². The Morgan fingerprint density at radius 3 is 2.75 bits per heavy atom. The van der Waals surface area contributed by atoms with Crippen molar-refractivity contribution in [3.8, 4) is 0 Å². The SMILES string of the molecule is CC(C)[C@H]1CC[C@@]2(C)[C@@H]3CC[C@@H]4CCC[C@H]4[C@@]2(CCCOCc2ccccc2)[C@]12ON2C3. The van der Waals surface area contributed by atoms with E-state index in [0.717, 1.165) is 31.0 Å². The summed E-state index contributed by atoms with van der Waals surface area (Å²) in [5.74, 6) is 3.95. The largest absolute Gasteiger partial charge is 0.377 e. The van der Waals surface area contributed by atoms with E-state index < -0.39 is 0 Å². The lowest BCUT2D eigenvalue weighted by Gasteiger charge is -2.65. The van der Waals surface area contributed by atoms with E-state index in [1.165, 1.54) is 69.9 Å². The van der Waals surface area contributed by atoms with Gasteiger partial charge in [-0.1, -0.05) is 63.9 Å². The van der Waals surface area contributed by atoms with Crippen molar-refractivity contribution in [1.82, 2.24) is 5.06 Å². The lowest BCUT2D eigenvalue weighted by Crippen LogP contribution is -2.68. The average molecular weight is 438 g/mol. The number of hydrogen-bond acceptors (Lipinski definition) is 3. The summed E-state index contributed by atoms with van der Waals surface area (Å²) >= 11 is 0. The topological polar surface area (TPSA) is 24.8 Å². The number of hydroxylamine groups is 2. The van der Waals surface area contributed by atoms with Crippen molar-refractivity contribution in [2.24, 2.45) is 40.4 Å². The van der Waals surface area contributed by atoms with Crippen LogP contribution in [0.4, 0.5) is 0 Å². The number of benzene rings is 1. The molecule has 32 heavy (non-hydrogen) atoms. The maximum atomic E-state index is 6.88. The van der Waals surface area contributed by atoms with Crippen molar-refractivity contribution in [3.05, 3.63) is 35.9 Å². The molecule has 3 heteroatoms. The van der Waals surface area contributed by atoms with Gasteiger partial charge in [0.2, 0.25) is 0 Å². The standard InChI is InChI=1S/C29H43NO2/c1-21(2)25-15-17-27(3)24-14-13-23-11-7-12-26(23)28(27,29(25)30(19-24)32-29)16-8-18-31-20-22-9-5-4-6-10-22/h4-6,9-10,21,23-26H,7-8,11-20H2,1-3H3/t23-,24+,25+,26+,27-,28+,29+,30?/m0/s1. The maximum absolute atomic E-state index is 6.88. The second-order valence-corrected chi connectivity index (χ2v) is 12.3. The van der Waals surface area contributed by atoms with E-state index in [4.69, 9.17) is 9.57 Å². The van der Waals surface area contributed by atoms with Gasteiger partial charge in [0, 0.05) is 24.5 Å². The van der Waals surface area contributed by atoms with E-state index in [9.17, 15) is 0 Å². The Morgan fingerprint density at radius 1 is 1.09 bits per heavy atom. The first-order valence-electron chi connectivity index (χ1n) is 13.6. The molecule has 2 heterocycles. The number of nitrogens with zero attached hydrogens (tertiary/aromatic N) is 1. The molecule has 176 valence electrons. The Morgan fingerprint density at radius 2 is 1.94 bits per heavy atom. The van der Waals surface area contributed by atoms with Crippen LogP contribution in [-0.4, -0.2) is 23.9 Å². The third kappa shape index (κ3) is 2.83. The molecule has 0 aromatic heterocycles. The molecule has 1 aromatic carbocycles. The molecule has 8 atom stereocenters. The average Bonchev–Trinajstić information content (AvgIpc) is 3.29. The predicted octanol–water partition coefficient (Wildman–Crippen LogP) is 6.83. The normalized spacial score (nSPS) is 46.4. The minimum Gasteiger partial charge on any atom is -0.377 e. The number of hydrogen-bond donors (Lipinski definition) is 0. The lowest BCUT2D eigenvalue weighted by molar-refractivity contribution is -0.197.